The fourth-order valence-corrected chi connectivity index (χ4v) is 1.11. The minimum atomic E-state index is -1.24. The van der Waals surface area contributed by atoms with Gasteiger partial charge in [-0.3, -0.25) is 9.59 Å². The van der Waals surface area contributed by atoms with Crippen LogP contribution in [-0.4, -0.2) is 29.6 Å². The number of nitrogens with one attached hydrogen (secondary N) is 2. The minimum Gasteiger partial charge on any atom is -0.394 e. The Morgan fingerprint density at radius 2 is 2.00 bits per heavy atom. The van der Waals surface area contributed by atoms with Gasteiger partial charge < -0.3 is 15.7 Å². The molecule has 0 saturated carbocycles. The summed E-state index contributed by atoms with van der Waals surface area (Å²) in [5.74, 6) is -4.55. The van der Waals surface area contributed by atoms with Gasteiger partial charge in [-0.2, -0.15) is 0 Å². The number of halogens is 2. The first-order valence-corrected chi connectivity index (χ1v) is 5.12. The van der Waals surface area contributed by atoms with Crippen LogP contribution in [0.3, 0.4) is 0 Å². The highest BCUT2D eigenvalue weighted by atomic mass is 19.2. The lowest BCUT2D eigenvalue weighted by Gasteiger charge is -2.11. The first-order valence-electron chi connectivity index (χ1n) is 5.12. The van der Waals surface area contributed by atoms with Crippen molar-refractivity contribution in [2.75, 3.05) is 11.9 Å². The molecular formula is C11H12F2N2O3. The third-order valence-corrected chi connectivity index (χ3v) is 2.06. The number of hydrogen-bond donors (Lipinski definition) is 3. The predicted molar refractivity (Wildman–Crippen MR) is 59.7 cm³/mol. The topological polar surface area (TPSA) is 78.4 Å². The van der Waals surface area contributed by atoms with Crippen LogP contribution in [0.1, 0.15) is 6.92 Å². The fourth-order valence-electron chi connectivity index (χ4n) is 1.11. The van der Waals surface area contributed by atoms with Gasteiger partial charge in [-0.15, -0.1) is 0 Å². The Labute approximate surface area is 102 Å². The lowest BCUT2D eigenvalue weighted by molar-refractivity contribution is -0.136. The van der Waals surface area contributed by atoms with Gasteiger partial charge in [0.05, 0.1) is 12.3 Å². The van der Waals surface area contributed by atoms with E-state index in [0.29, 0.717) is 0 Å². The molecule has 0 heterocycles. The maximum Gasteiger partial charge on any atom is 0.313 e. The lowest BCUT2D eigenvalue weighted by Crippen LogP contribution is -2.42. The Bertz CT molecular complexity index is 466. The van der Waals surface area contributed by atoms with Crippen molar-refractivity contribution >= 4 is 17.5 Å². The molecule has 18 heavy (non-hydrogen) atoms. The lowest BCUT2D eigenvalue weighted by atomic mass is 10.3. The molecule has 0 aliphatic carbocycles. The summed E-state index contributed by atoms with van der Waals surface area (Å²) in [5, 5.41) is 12.8. The van der Waals surface area contributed by atoms with Crippen molar-refractivity contribution in [3.8, 4) is 0 Å². The standard InChI is InChI=1S/C11H12F2N2O3/c1-6(5-16)14-10(17)11(18)15-8-4-2-3-7(12)9(8)13/h2-4,6,16H,5H2,1H3,(H,14,17)(H,15,18). The number of hydrogen-bond acceptors (Lipinski definition) is 3. The SMILES string of the molecule is CC(CO)NC(=O)C(=O)Nc1cccc(F)c1F. The van der Waals surface area contributed by atoms with E-state index in [-0.39, 0.29) is 6.61 Å². The summed E-state index contributed by atoms with van der Waals surface area (Å²) >= 11 is 0. The highest BCUT2D eigenvalue weighted by Crippen LogP contribution is 2.16. The molecule has 0 aromatic heterocycles. The van der Waals surface area contributed by atoms with E-state index in [9.17, 15) is 18.4 Å². The van der Waals surface area contributed by atoms with E-state index < -0.39 is 35.2 Å². The average Bonchev–Trinajstić information content (AvgIpc) is 2.34. The van der Waals surface area contributed by atoms with E-state index in [2.05, 4.69) is 5.32 Å². The number of amides is 2. The van der Waals surface area contributed by atoms with Crippen LogP contribution in [0.25, 0.3) is 0 Å². The normalized spacial score (nSPS) is 11.8. The van der Waals surface area contributed by atoms with Gasteiger partial charge in [0.25, 0.3) is 0 Å². The summed E-state index contributed by atoms with van der Waals surface area (Å²) in [5.41, 5.74) is -0.424. The van der Waals surface area contributed by atoms with Gasteiger partial charge in [0, 0.05) is 6.04 Å². The van der Waals surface area contributed by atoms with Gasteiger partial charge in [0.1, 0.15) is 0 Å². The average molecular weight is 258 g/mol. The molecule has 0 aliphatic rings. The third-order valence-electron chi connectivity index (χ3n) is 2.06. The van der Waals surface area contributed by atoms with Crippen molar-refractivity contribution < 1.29 is 23.5 Å². The largest absolute Gasteiger partial charge is 0.394 e. The van der Waals surface area contributed by atoms with Crippen LogP contribution in [0.5, 0.6) is 0 Å². The van der Waals surface area contributed by atoms with Crippen LogP contribution < -0.4 is 10.6 Å². The van der Waals surface area contributed by atoms with Crippen molar-refractivity contribution in [3.63, 3.8) is 0 Å². The summed E-state index contributed by atoms with van der Waals surface area (Å²) < 4.78 is 26.0. The first kappa shape index (κ1) is 14.0. The Hall–Kier alpha value is -2.02. The van der Waals surface area contributed by atoms with Gasteiger partial charge in [0.15, 0.2) is 11.6 Å². The van der Waals surface area contributed by atoms with Crippen molar-refractivity contribution in [2.24, 2.45) is 0 Å². The van der Waals surface area contributed by atoms with Crippen molar-refractivity contribution in [3.05, 3.63) is 29.8 Å². The Kier molecular flexibility index (Phi) is 4.73. The molecule has 1 unspecified atom stereocenters. The monoisotopic (exact) mass is 258 g/mol. The molecule has 7 heteroatoms. The maximum absolute atomic E-state index is 13.2. The van der Waals surface area contributed by atoms with Gasteiger partial charge in [-0.1, -0.05) is 6.07 Å². The van der Waals surface area contributed by atoms with E-state index in [1.54, 1.807) is 0 Å². The molecular weight excluding hydrogens is 246 g/mol. The number of aliphatic hydroxyl groups is 1. The molecule has 1 aromatic rings. The van der Waals surface area contributed by atoms with Crippen LogP contribution in [0.15, 0.2) is 18.2 Å². The molecule has 3 N–H and O–H groups in total. The predicted octanol–water partition coefficient (Wildman–Crippen LogP) is 0.400. The molecule has 98 valence electrons. The van der Waals surface area contributed by atoms with Crippen LogP contribution >= 0.6 is 0 Å². The van der Waals surface area contributed by atoms with Crippen LogP contribution in [0.2, 0.25) is 0 Å². The summed E-state index contributed by atoms with van der Waals surface area (Å²) in [6, 6.07) is 2.60. The molecule has 0 spiro atoms. The molecule has 5 nitrogen and oxygen atoms in total. The molecule has 0 aliphatic heterocycles. The van der Waals surface area contributed by atoms with Crippen molar-refractivity contribution in [2.45, 2.75) is 13.0 Å². The quantitative estimate of drug-likeness (QED) is 0.687. The van der Waals surface area contributed by atoms with Gasteiger partial charge in [0.2, 0.25) is 0 Å². The zero-order valence-electron chi connectivity index (χ0n) is 9.54. The van der Waals surface area contributed by atoms with Gasteiger partial charge in [-0.05, 0) is 19.1 Å². The second-order valence-corrected chi connectivity index (χ2v) is 3.61. The number of carbonyl (C=O) groups excluding carboxylic acids is 2. The zero-order valence-corrected chi connectivity index (χ0v) is 9.54. The van der Waals surface area contributed by atoms with Gasteiger partial charge >= 0.3 is 11.8 Å². The number of aliphatic hydroxyl groups excluding tert-OH is 1. The molecule has 1 rings (SSSR count). The highest BCUT2D eigenvalue weighted by Gasteiger charge is 2.18. The van der Waals surface area contributed by atoms with E-state index in [4.69, 9.17) is 5.11 Å². The van der Waals surface area contributed by atoms with E-state index in [0.717, 1.165) is 12.1 Å². The number of benzene rings is 1. The number of rotatable bonds is 3. The molecule has 0 fully saturated rings. The van der Waals surface area contributed by atoms with E-state index in [1.165, 1.54) is 13.0 Å². The Morgan fingerprint density at radius 1 is 1.33 bits per heavy atom. The van der Waals surface area contributed by atoms with E-state index >= 15 is 0 Å². The summed E-state index contributed by atoms with van der Waals surface area (Å²) in [4.78, 5) is 22.6. The third kappa shape index (κ3) is 3.49. The van der Waals surface area contributed by atoms with Crippen LogP contribution in [0, 0.1) is 11.6 Å². The summed E-state index contributed by atoms with van der Waals surface area (Å²) in [7, 11) is 0. The van der Waals surface area contributed by atoms with Crippen molar-refractivity contribution in [1.29, 1.82) is 0 Å². The van der Waals surface area contributed by atoms with Gasteiger partial charge in [-0.25, -0.2) is 8.78 Å². The highest BCUT2D eigenvalue weighted by molar-refractivity contribution is 6.39. The smallest absolute Gasteiger partial charge is 0.313 e. The molecule has 1 aromatic carbocycles. The number of carbonyl (C=O) groups is 2. The fraction of sp³-hybridized carbons (Fsp3) is 0.273. The molecule has 0 bridgehead atoms. The Morgan fingerprint density at radius 3 is 2.61 bits per heavy atom. The second kappa shape index (κ2) is 6.06. The summed E-state index contributed by atoms with van der Waals surface area (Å²) in [6.07, 6.45) is 0. The number of anilines is 1. The minimum absolute atomic E-state index is 0.340. The molecule has 0 saturated heterocycles. The van der Waals surface area contributed by atoms with Crippen LogP contribution in [-0.2, 0) is 9.59 Å². The van der Waals surface area contributed by atoms with Crippen molar-refractivity contribution in [1.82, 2.24) is 5.32 Å². The maximum atomic E-state index is 13.2. The summed E-state index contributed by atoms with van der Waals surface area (Å²) in [6.45, 7) is 1.14. The molecule has 2 amide bonds. The van der Waals surface area contributed by atoms with E-state index in [1.807, 2.05) is 5.32 Å². The Balaban J connectivity index is 2.70. The zero-order chi connectivity index (χ0) is 13.7. The molecule has 0 radical (unpaired) electrons. The molecule has 1 atom stereocenters. The van der Waals surface area contributed by atoms with Crippen LogP contribution in [0.4, 0.5) is 14.5 Å². The first-order chi connectivity index (χ1) is 8.45. The second-order valence-electron chi connectivity index (χ2n) is 3.61.